The third-order valence-corrected chi connectivity index (χ3v) is 2.34. The molecule has 2 bridgehead atoms. The van der Waals surface area contributed by atoms with Crippen LogP contribution in [0.4, 0.5) is 0 Å². The minimum Gasteiger partial charge on any atom is -0.422 e. The highest BCUT2D eigenvalue weighted by molar-refractivity contribution is 5.95. The fraction of sp³-hybridized carbons (Fsp3) is 0.100. The molecule has 2 nitrogen and oxygen atoms in total. The van der Waals surface area contributed by atoms with Crippen molar-refractivity contribution in [2.45, 2.75) is 6.42 Å². The van der Waals surface area contributed by atoms with E-state index in [1.807, 2.05) is 12.1 Å². The summed E-state index contributed by atoms with van der Waals surface area (Å²) in [5, 5.41) is 0. The Labute approximate surface area is 68.8 Å². The molecule has 0 aromatic carbocycles. The van der Waals surface area contributed by atoms with Gasteiger partial charge in [0.05, 0.1) is 0 Å². The van der Waals surface area contributed by atoms with Crippen molar-refractivity contribution in [3.8, 4) is 0 Å². The van der Waals surface area contributed by atoms with Gasteiger partial charge in [-0.15, -0.1) is 0 Å². The van der Waals surface area contributed by atoms with Gasteiger partial charge in [-0.3, -0.25) is 0 Å². The molecule has 1 aromatic heterocycles. The largest absolute Gasteiger partial charge is 0.422 e. The highest BCUT2D eigenvalue weighted by Gasteiger charge is 2.26. The Kier molecular flexibility index (Phi) is 0.888. The molecule has 2 heteroatoms. The standard InChI is InChI=1S/C10H6O2/c11-9-4-3-8-6-1-2-7(5-6)10(8)12-9/h1-4H,5H2. The molecule has 0 spiro atoms. The number of rotatable bonds is 0. The Morgan fingerprint density at radius 1 is 1.17 bits per heavy atom. The Balaban J connectivity index is 2.43. The Morgan fingerprint density at radius 2 is 2.00 bits per heavy atom. The zero-order valence-electron chi connectivity index (χ0n) is 6.33. The second kappa shape index (κ2) is 1.78. The second-order valence-electron chi connectivity index (χ2n) is 3.06. The topological polar surface area (TPSA) is 30.2 Å². The van der Waals surface area contributed by atoms with Crippen LogP contribution in [0.15, 0.2) is 33.5 Å². The van der Waals surface area contributed by atoms with Gasteiger partial charge in [0.1, 0.15) is 5.76 Å². The zero-order chi connectivity index (χ0) is 8.13. The molecule has 1 aromatic rings. The first-order chi connectivity index (χ1) is 5.84. The number of hydrogen-bond acceptors (Lipinski definition) is 2. The predicted molar refractivity (Wildman–Crippen MR) is 45.5 cm³/mol. The van der Waals surface area contributed by atoms with Crippen LogP contribution in [0.1, 0.15) is 17.7 Å². The van der Waals surface area contributed by atoms with Gasteiger partial charge >= 0.3 is 5.63 Å². The zero-order valence-corrected chi connectivity index (χ0v) is 6.33. The number of fused-ring (bicyclic) bond motifs is 5. The van der Waals surface area contributed by atoms with Crippen LogP contribution in [-0.2, 0) is 0 Å². The van der Waals surface area contributed by atoms with Crippen molar-refractivity contribution < 1.29 is 4.42 Å². The lowest BCUT2D eigenvalue weighted by molar-refractivity contribution is 0.498. The van der Waals surface area contributed by atoms with Gasteiger partial charge in [0.15, 0.2) is 0 Å². The minimum absolute atomic E-state index is 0.261. The fourth-order valence-corrected chi connectivity index (χ4v) is 1.77. The lowest BCUT2D eigenvalue weighted by Crippen LogP contribution is -1.98. The molecule has 0 aliphatic heterocycles. The van der Waals surface area contributed by atoms with Crippen LogP contribution in [0.5, 0.6) is 0 Å². The molecule has 0 saturated carbocycles. The average Bonchev–Trinajstić information content (AvgIpc) is 2.63. The van der Waals surface area contributed by atoms with E-state index in [4.69, 9.17) is 4.42 Å². The van der Waals surface area contributed by atoms with Crippen molar-refractivity contribution in [3.63, 3.8) is 0 Å². The highest BCUT2D eigenvalue weighted by atomic mass is 16.4. The van der Waals surface area contributed by atoms with Crippen LogP contribution in [0.3, 0.4) is 0 Å². The van der Waals surface area contributed by atoms with Crippen LogP contribution in [0.25, 0.3) is 11.1 Å². The van der Waals surface area contributed by atoms with E-state index in [1.54, 1.807) is 0 Å². The second-order valence-corrected chi connectivity index (χ2v) is 3.06. The van der Waals surface area contributed by atoms with E-state index in [2.05, 4.69) is 6.08 Å². The molecule has 2 aliphatic rings. The van der Waals surface area contributed by atoms with E-state index in [9.17, 15) is 4.79 Å². The van der Waals surface area contributed by atoms with Crippen molar-refractivity contribution >= 4 is 11.1 Å². The molecule has 0 amide bonds. The molecule has 2 aliphatic carbocycles. The van der Waals surface area contributed by atoms with E-state index in [1.165, 1.54) is 11.6 Å². The van der Waals surface area contributed by atoms with Crippen molar-refractivity contribution in [2.75, 3.05) is 0 Å². The molecular weight excluding hydrogens is 152 g/mol. The summed E-state index contributed by atoms with van der Waals surface area (Å²) in [6.45, 7) is 0. The molecule has 1 heterocycles. The van der Waals surface area contributed by atoms with Gasteiger partial charge in [-0.25, -0.2) is 4.79 Å². The maximum Gasteiger partial charge on any atom is 0.336 e. The van der Waals surface area contributed by atoms with Gasteiger partial charge < -0.3 is 4.42 Å². The highest BCUT2D eigenvalue weighted by Crippen LogP contribution is 2.43. The van der Waals surface area contributed by atoms with E-state index in [0.29, 0.717) is 0 Å². The van der Waals surface area contributed by atoms with E-state index >= 15 is 0 Å². The number of hydrogen-bond donors (Lipinski definition) is 0. The molecule has 0 atom stereocenters. The summed E-state index contributed by atoms with van der Waals surface area (Å²) in [5.41, 5.74) is 3.23. The molecule has 0 N–H and O–H groups in total. The monoisotopic (exact) mass is 158 g/mol. The molecule has 12 heavy (non-hydrogen) atoms. The summed E-state index contributed by atoms with van der Waals surface area (Å²) in [6.07, 6.45) is 5.03. The number of allylic oxidation sites excluding steroid dienone is 4. The molecule has 0 saturated heterocycles. The third-order valence-electron chi connectivity index (χ3n) is 2.34. The molecule has 0 fully saturated rings. The first-order valence-electron chi connectivity index (χ1n) is 3.89. The SMILES string of the molecule is O=c1ccc2c(o1)C1=CC=C2C1. The van der Waals surface area contributed by atoms with Gasteiger partial charge in [0, 0.05) is 18.1 Å². The maximum absolute atomic E-state index is 10.9. The molecule has 0 unspecified atom stereocenters. The van der Waals surface area contributed by atoms with Gasteiger partial charge in [-0.1, -0.05) is 12.2 Å². The van der Waals surface area contributed by atoms with Gasteiger partial charge in [-0.2, -0.15) is 0 Å². The maximum atomic E-state index is 10.9. The smallest absolute Gasteiger partial charge is 0.336 e. The minimum atomic E-state index is -0.261. The van der Waals surface area contributed by atoms with Crippen LogP contribution >= 0.6 is 0 Å². The molecular formula is C10H6O2. The Morgan fingerprint density at radius 3 is 2.92 bits per heavy atom. The van der Waals surface area contributed by atoms with Gasteiger partial charge in [0.2, 0.25) is 0 Å². The Bertz CT molecular complexity index is 475. The summed E-state index contributed by atoms with van der Waals surface area (Å²) < 4.78 is 5.09. The summed E-state index contributed by atoms with van der Waals surface area (Å²) in [5.74, 6) is 0.778. The lowest BCUT2D eigenvalue weighted by Gasteiger charge is -1.99. The third kappa shape index (κ3) is 0.576. The van der Waals surface area contributed by atoms with Crippen molar-refractivity contribution in [1.82, 2.24) is 0 Å². The van der Waals surface area contributed by atoms with Crippen LogP contribution in [0, 0.1) is 0 Å². The summed E-state index contributed by atoms with van der Waals surface area (Å²) in [6, 6.07) is 3.31. The molecule has 0 radical (unpaired) electrons. The Hall–Kier alpha value is -1.57. The average molecular weight is 158 g/mol. The van der Waals surface area contributed by atoms with Crippen molar-refractivity contribution in [3.05, 3.63) is 46.0 Å². The fourth-order valence-electron chi connectivity index (χ4n) is 1.77. The van der Waals surface area contributed by atoms with Gasteiger partial charge in [-0.05, 0) is 17.2 Å². The van der Waals surface area contributed by atoms with E-state index < -0.39 is 0 Å². The summed E-state index contributed by atoms with van der Waals surface area (Å²) in [4.78, 5) is 10.9. The predicted octanol–water partition coefficient (Wildman–Crippen LogP) is 1.82. The van der Waals surface area contributed by atoms with Crippen molar-refractivity contribution in [1.29, 1.82) is 0 Å². The van der Waals surface area contributed by atoms with Gasteiger partial charge in [0.25, 0.3) is 0 Å². The van der Waals surface area contributed by atoms with E-state index in [-0.39, 0.29) is 5.63 Å². The summed E-state index contributed by atoms with van der Waals surface area (Å²) >= 11 is 0. The van der Waals surface area contributed by atoms with Crippen LogP contribution in [-0.4, -0.2) is 0 Å². The summed E-state index contributed by atoms with van der Waals surface area (Å²) in [7, 11) is 0. The normalized spacial score (nSPS) is 17.3. The van der Waals surface area contributed by atoms with Crippen LogP contribution < -0.4 is 5.63 Å². The van der Waals surface area contributed by atoms with Crippen molar-refractivity contribution in [2.24, 2.45) is 0 Å². The first kappa shape index (κ1) is 6.00. The van der Waals surface area contributed by atoms with Crippen LogP contribution in [0.2, 0.25) is 0 Å². The molecule has 58 valence electrons. The first-order valence-corrected chi connectivity index (χ1v) is 3.89. The lowest BCUT2D eigenvalue weighted by atomic mass is 10.1. The quantitative estimate of drug-likeness (QED) is 0.576. The van der Waals surface area contributed by atoms with E-state index in [0.717, 1.165) is 23.3 Å². The molecule has 3 rings (SSSR count).